The molecule has 26 heavy (non-hydrogen) atoms. The highest BCUT2D eigenvalue weighted by Gasteiger charge is 2.22. The Kier molecular flexibility index (Phi) is 7.95. The largest absolute Gasteiger partial charge is 0.356 e. The number of benzene rings is 1. The molecule has 5 nitrogen and oxygen atoms in total. The van der Waals surface area contributed by atoms with Crippen LogP contribution in [0.1, 0.15) is 63.6 Å². The van der Waals surface area contributed by atoms with E-state index in [9.17, 15) is 4.79 Å². The van der Waals surface area contributed by atoms with Gasteiger partial charge in [0.05, 0.1) is 6.04 Å². The van der Waals surface area contributed by atoms with E-state index in [0.29, 0.717) is 18.4 Å². The zero-order valence-electron chi connectivity index (χ0n) is 16.6. The SMILES string of the molecule is CN=C(NCCCC(=O)NC1CC1)NC(C)c1ccc(CC(C)C)cc1. The van der Waals surface area contributed by atoms with Crippen LogP contribution in [0, 0.1) is 5.92 Å². The summed E-state index contributed by atoms with van der Waals surface area (Å²) in [5.41, 5.74) is 2.62. The summed E-state index contributed by atoms with van der Waals surface area (Å²) in [5.74, 6) is 1.60. The molecular formula is C21H34N4O. The van der Waals surface area contributed by atoms with Crippen LogP contribution in [0.2, 0.25) is 0 Å². The summed E-state index contributed by atoms with van der Waals surface area (Å²) < 4.78 is 0. The van der Waals surface area contributed by atoms with Gasteiger partial charge >= 0.3 is 0 Å². The minimum Gasteiger partial charge on any atom is -0.356 e. The maximum atomic E-state index is 11.7. The maximum absolute atomic E-state index is 11.7. The van der Waals surface area contributed by atoms with Crippen molar-refractivity contribution in [1.82, 2.24) is 16.0 Å². The molecule has 0 bridgehead atoms. The number of amides is 1. The van der Waals surface area contributed by atoms with E-state index in [-0.39, 0.29) is 11.9 Å². The van der Waals surface area contributed by atoms with Gasteiger partial charge in [-0.3, -0.25) is 9.79 Å². The molecule has 1 saturated carbocycles. The molecule has 144 valence electrons. The molecule has 3 N–H and O–H groups in total. The monoisotopic (exact) mass is 358 g/mol. The average Bonchev–Trinajstić information content (AvgIpc) is 3.41. The smallest absolute Gasteiger partial charge is 0.220 e. The lowest BCUT2D eigenvalue weighted by Gasteiger charge is -2.19. The van der Waals surface area contributed by atoms with Crippen molar-refractivity contribution in [3.05, 3.63) is 35.4 Å². The van der Waals surface area contributed by atoms with Crippen molar-refractivity contribution in [2.24, 2.45) is 10.9 Å². The van der Waals surface area contributed by atoms with Crippen LogP contribution in [-0.4, -0.2) is 31.5 Å². The van der Waals surface area contributed by atoms with Crippen molar-refractivity contribution in [3.63, 3.8) is 0 Å². The summed E-state index contributed by atoms with van der Waals surface area (Å²) in [6.45, 7) is 7.35. The van der Waals surface area contributed by atoms with E-state index in [1.54, 1.807) is 7.05 Å². The van der Waals surface area contributed by atoms with E-state index in [4.69, 9.17) is 0 Å². The Morgan fingerprint density at radius 2 is 1.88 bits per heavy atom. The third-order valence-corrected chi connectivity index (χ3v) is 4.52. The molecule has 0 radical (unpaired) electrons. The quantitative estimate of drug-likeness (QED) is 0.361. The highest BCUT2D eigenvalue weighted by molar-refractivity contribution is 5.80. The van der Waals surface area contributed by atoms with E-state index in [1.165, 1.54) is 11.1 Å². The van der Waals surface area contributed by atoms with Crippen LogP contribution in [0.15, 0.2) is 29.3 Å². The highest BCUT2D eigenvalue weighted by atomic mass is 16.1. The molecule has 1 aromatic carbocycles. The Labute approximate surface area is 158 Å². The third kappa shape index (κ3) is 7.46. The van der Waals surface area contributed by atoms with Gasteiger partial charge in [0.1, 0.15) is 0 Å². The Bertz CT molecular complexity index is 591. The zero-order valence-corrected chi connectivity index (χ0v) is 16.6. The predicted molar refractivity (Wildman–Crippen MR) is 108 cm³/mol. The summed E-state index contributed by atoms with van der Waals surface area (Å²) in [7, 11) is 1.77. The topological polar surface area (TPSA) is 65.5 Å². The molecule has 0 aliphatic heterocycles. The molecule has 2 rings (SSSR count). The summed E-state index contributed by atoms with van der Waals surface area (Å²) in [4.78, 5) is 16.0. The molecule has 1 fully saturated rings. The minimum absolute atomic E-state index is 0.159. The first kappa shape index (κ1) is 20.3. The van der Waals surface area contributed by atoms with Gasteiger partial charge in [-0.15, -0.1) is 0 Å². The first-order chi connectivity index (χ1) is 12.5. The van der Waals surface area contributed by atoms with Crippen LogP contribution in [0.4, 0.5) is 0 Å². The molecule has 0 heterocycles. The van der Waals surface area contributed by atoms with E-state index in [0.717, 1.165) is 38.2 Å². The number of nitrogens with one attached hydrogen (secondary N) is 3. The fourth-order valence-electron chi connectivity index (χ4n) is 2.88. The molecule has 5 heteroatoms. The van der Waals surface area contributed by atoms with E-state index < -0.39 is 0 Å². The second-order valence-electron chi connectivity index (χ2n) is 7.65. The normalized spacial score (nSPS) is 15.7. The van der Waals surface area contributed by atoms with Gasteiger partial charge in [-0.25, -0.2) is 0 Å². The van der Waals surface area contributed by atoms with Crippen LogP contribution in [0.5, 0.6) is 0 Å². The fourth-order valence-corrected chi connectivity index (χ4v) is 2.88. The molecule has 1 atom stereocenters. The lowest BCUT2D eigenvalue weighted by molar-refractivity contribution is -0.121. The van der Waals surface area contributed by atoms with Gasteiger partial charge in [0, 0.05) is 26.1 Å². The van der Waals surface area contributed by atoms with Crippen LogP contribution >= 0.6 is 0 Å². The standard InChI is InChI=1S/C21H34N4O/c1-15(2)14-17-7-9-18(10-8-17)16(3)24-21(22-4)23-13-5-6-20(26)25-19-11-12-19/h7-10,15-16,19H,5-6,11-14H2,1-4H3,(H,25,26)(H2,22,23,24). The second kappa shape index (κ2) is 10.2. The first-order valence-corrected chi connectivity index (χ1v) is 9.83. The summed E-state index contributed by atoms with van der Waals surface area (Å²) >= 11 is 0. The van der Waals surface area contributed by atoms with Gasteiger partial charge in [-0.2, -0.15) is 0 Å². The average molecular weight is 359 g/mol. The summed E-state index contributed by atoms with van der Waals surface area (Å²) in [5, 5.41) is 9.72. The zero-order chi connectivity index (χ0) is 18.9. The van der Waals surface area contributed by atoms with Crippen LogP contribution in [0.25, 0.3) is 0 Å². The van der Waals surface area contributed by atoms with Gasteiger partial charge in [0.25, 0.3) is 0 Å². The van der Waals surface area contributed by atoms with Crippen LogP contribution in [-0.2, 0) is 11.2 Å². The number of hydrogen-bond donors (Lipinski definition) is 3. The van der Waals surface area contributed by atoms with E-state index in [2.05, 4.69) is 66.0 Å². The van der Waals surface area contributed by atoms with Crippen LogP contribution < -0.4 is 16.0 Å². The molecule has 1 amide bonds. The van der Waals surface area contributed by atoms with Gasteiger partial charge in [0.15, 0.2) is 5.96 Å². The molecule has 1 aromatic rings. The van der Waals surface area contributed by atoms with Gasteiger partial charge in [0.2, 0.25) is 5.91 Å². The summed E-state index contributed by atoms with van der Waals surface area (Å²) in [6.07, 6.45) is 4.75. The minimum atomic E-state index is 0.159. The van der Waals surface area contributed by atoms with Crippen molar-refractivity contribution in [1.29, 1.82) is 0 Å². The number of nitrogens with zero attached hydrogens (tertiary/aromatic N) is 1. The number of rotatable bonds is 9. The van der Waals surface area contributed by atoms with Gasteiger partial charge in [-0.05, 0) is 49.7 Å². The Balaban J connectivity index is 1.71. The highest BCUT2D eigenvalue weighted by Crippen LogP contribution is 2.18. The van der Waals surface area contributed by atoms with Gasteiger partial charge in [-0.1, -0.05) is 38.1 Å². The maximum Gasteiger partial charge on any atom is 0.220 e. The predicted octanol–water partition coefficient (Wildman–Crippen LogP) is 3.17. The Morgan fingerprint density at radius 1 is 1.19 bits per heavy atom. The fraction of sp³-hybridized carbons (Fsp3) is 0.619. The molecule has 0 aromatic heterocycles. The molecule has 1 aliphatic rings. The van der Waals surface area contributed by atoms with Crippen molar-refractivity contribution in [2.45, 2.75) is 65.0 Å². The summed E-state index contributed by atoms with van der Waals surface area (Å²) in [6, 6.07) is 9.41. The number of aliphatic imine (C=N–C) groups is 1. The molecule has 1 unspecified atom stereocenters. The second-order valence-corrected chi connectivity index (χ2v) is 7.65. The number of hydrogen-bond acceptors (Lipinski definition) is 2. The number of carbonyl (C=O) groups is 1. The number of guanidine groups is 1. The molecular weight excluding hydrogens is 324 g/mol. The lowest BCUT2D eigenvalue weighted by atomic mass is 10.00. The Hall–Kier alpha value is -2.04. The number of carbonyl (C=O) groups excluding carboxylic acids is 1. The van der Waals surface area contributed by atoms with Crippen molar-refractivity contribution >= 4 is 11.9 Å². The lowest BCUT2D eigenvalue weighted by Crippen LogP contribution is -2.39. The third-order valence-electron chi connectivity index (χ3n) is 4.52. The van der Waals surface area contributed by atoms with Crippen molar-refractivity contribution in [3.8, 4) is 0 Å². The molecule has 0 spiro atoms. The van der Waals surface area contributed by atoms with Crippen molar-refractivity contribution < 1.29 is 4.79 Å². The molecule has 0 saturated heterocycles. The molecule has 1 aliphatic carbocycles. The van der Waals surface area contributed by atoms with E-state index >= 15 is 0 Å². The van der Waals surface area contributed by atoms with Crippen molar-refractivity contribution in [2.75, 3.05) is 13.6 Å². The first-order valence-electron chi connectivity index (χ1n) is 9.83. The Morgan fingerprint density at radius 3 is 2.46 bits per heavy atom. The van der Waals surface area contributed by atoms with Gasteiger partial charge < -0.3 is 16.0 Å². The van der Waals surface area contributed by atoms with E-state index in [1.807, 2.05) is 0 Å². The van der Waals surface area contributed by atoms with Crippen LogP contribution in [0.3, 0.4) is 0 Å².